The number of nitrogens with one attached hydrogen (secondary N) is 2. The Balaban J connectivity index is 1.32. The second kappa shape index (κ2) is 11.7. The zero-order valence-electron chi connectivity index (χ0n) is 16.3. The Morgan fingerprint density at radius 1 is 1.43 bits per heavy atom. The van der Waals surface area contributed by atoms with E-state index in [2.05, 4.69) is 15.5 Å². The summed E-state index contributed by atoms with van der Waals surface area (Å²) in [6, 6.07) is 0. The molecule has 11 heteroatoms. The predicted molar refractivity (Wildman–Crippen MR) is 122 cm³/mol. The number of nitrogens with zero attached hydrogens (tertiary/aromatic N) is 1. The molecule has 2 unspecified atom stereocenters. The Kier molecular flexibility index (Phi) is 9.28. The average molecular weight is 494 g/mol. The van der Waals surface area contributed by atoms with E-state index in [1.54, 1.807) is 11.5 Å². The minimum atomic E-state index is -0.874. The molecule has 2 aliphatic heterocycles. The van der Waals surface area contributed by atoms with Gasteiger partial charge < -0.3 is 20.5 Å². The quantitative estimate of drug-likeness (QED) is 0.451. The zero-order chi connectivity index (χ0) is 21.5. The van der Waals surface area contributed by atoms with E-state index in [4.69, 9.17) is 33.0 Å². The van der Waals surface area contributed by atoms with Crippen LogP contribution in [0.5, 0.6) is 0 Å². The first-order chi connectivity index (χ1) is 14.4. The number of allylic oxidation sites excluding steroid dienone is 3. The number of carboxylic acid groups (broad SMARTS) is 1. The van der Waals surface area contributed by atoms with E-state index in [1.807, 2.05) is 6.08 Å². The fraction of sp³-hybridized carbons (Fsp3) is 0.579. The van der Waals surface area contributed by atoms with Crippen molar-refractivity contribution in [3.63, 3.8) is 0 Å². The number of amides is 1. The fourth-order valence-electron chi connectivity index (χ4n) is 3.44. The van der Waals surface area contributed by atoms with Crippen LogP contribution in [0.25, 0.3) is 0 Å². The average Bonchev–Trinajstić information content (AvgIpc) is 3.11. The molecule has 7 nitrogen and oxygen atoms in total. The van der Waals surface area contributed by atoms with Crippen molar-refractivity contribution in [3.05, 3.63) is 33.3 Å². The highest BCUT2D eigenvalue weighted by Gasteiger charge is 2.25. The first kappa shape index (κ1) is 23.8. The standard InChI is InChI=1S/C19H25Cl2N3O4S2/c20-13-3-12(4-14(21)5-13)8-24-1-2-28-16(9-24)7-22-17(25)11-30-19-23-15(10-29-19)6-18(26)27/h3,5,10,12,16,19,23H,1-2,4,6-9,11H2,(H,22,25)(H,26,27)/t12?,16-,19?/m0/s1. The Morgan fingerprint density at radius 3 is 3.03 bits per heavy atom. The monoisotopic (exact) mass is 493 g/mol. The molecular weight excluding hydrogens is 469 g/mol. The van der Waals surface area contributed by atoms with Gasteiger partial charge in [-0.3, -0.25) is 14.5 Å². The lowest BCUT2D eigenvalue weighted by molar-refractivity contribution is -0.136. The van der Waals surface area contributed by atoms with Gasteiger partial charge in [0.2, 0.25) is 5.91 Å². The summed E-state index contributed by atoms with van der Waals surface area (Å²) in [6.45, 7) is 3.55. The minimum Gasteiger partial charge on any atom is -0.481 e. The SMILES string of the molecule is O=C(O)CC1=CSC(SCC(=O)NC[C@H]2CN(CC3C=C(Cl)C=C(Cl)C3)CCO2)N1. The van der Waals surface area contributed by atoms with Gasteiger partial charge in [0.1, 0.15) is 4.71 Å². The van der Waals surface area contributed by atoms with Crippen LogP contribution < -0.4 is 10.6 Å². The number of carboxylic acids is 1. The summed E-state index contributed by atoms with van der Waals surface area (Å²) in [7, 11) is 0. The minimum absolute atomic E-state index is 0.0306. The molecule has 1 fully saturated rings. The fourth-order valence-corrected chi connectivity index (χ4v) is 6.10. The molecule has 0 aromatic heterocycles. The lowest BCUT2D eigenvalue weighted by atomic mass is 9.99. The summed E-state index contributed by atoms with van der Waals surface area (Å²) in [5.41, 5.74) is 0.673. The molecule has 3 aliphatic rings. The van der Waals surface area contributed by atoms with Crippen LogP contribution >= 0.6 is 46.7 Å². The van der Waals surface area contributed by atoms with Crippen molar-refractivity contribution in [1.82, 2.24) is 15.5 Å². The van der Waals surface area contributed by atoms with Crippen molar-refractivity contribution in [2.45, 2.75) is 23.7 Å². The molecule has 1 amide bonds. The molecule has 0 aromatic rings. The highest BCUT2D eigenvalue weighted by atomic mass is 35.5. The van der Waals surface area contributed by atoms with Crippen molar-refractivity contribution >= 4 is 58.6 Å². The molecule has 166 valence electrons. The highest BCUT2D eigenvalue weighted by molar-refractivity contribution is 8.18. The molecule has 3 atom stereocenters. The third kappa shape index (κ3) is 8.01. The van der Waals surface area contributed by atoms with Crippen LogP contribution in [-0.2, 0) is 14.3 Å². The topological polar surface area (TPSA) is 90.9 Å². The number of hydrogen-bond acceptors (Lipinski definition) is 7. The summed E-state index contributed by atoms with van der Waals surface area (Å²) in [4.78, 5) is 25.2. The van der Waals surface area contributed by atoms with Gasteiger partial charge in [-0.2, -0.15) is 0 Å². The van der Waals surface area contributed by atoms with Crippen LogP contribution in [0.2, 0.25) is 0 Å². The van der Waals surface area contributed by atoms with Crippen LogP contribution in [-0.4, -0.2) is 71.2 Å². The first-order valence-corrected chi connectivity index (χ1v) is 12.4. The second-order valence-corrected chi connectivity index (χ2v) is 10.6. The molecule has 0 spiro atoms. The first-order valence-electron chi connectivity index (χ1n) is 9.66. The number of hydrogen-bond donors (Lipinski definition) is 3. The van der Waals surface area contributed by atoms with Gasteiger partial charge in [-0.1, -0.05) is 41.0 Å². The molecule has 0 bridgehead atoms. The molecule has 0 radical (unpaired) electrons. The van der Waals surface area contributed by atoms with Crippen LogP contribution in [0.4, 0.5) is 0 Å². The number of rotatable bonds is 9. The van der Waals surface area contributed by atoms with Gasteiger partial charge >= 0.3 is 5.97 Å². The second-order valence-electron chi connectivity index (χ2n) is 7.30. The largest absolute Gasteiger partial charge is 0.481 e. The summed E-state index contributed by atoms with van der Waals surface area (Å²) in [6.07, 6.45) is 4.55. The van der Waals surface area contributed by atoms with Crippen LogP contribution in [0.1, 0.15) is 12.8 Å². The highest BCUT2D eigenvalue weighted by Crippen LogP contribution is 2.30. The molecule has 3 N–H and O–H groups in total. The number of halogens is 2. The van der Waals surface area contributed by atoms with Crippen LogP contribution in [0.15, 0.2) is 33.3 Å². The van der Waals surface area contributed by atoms with Gasteiger partial charge in [-0.15, -0.1) is 11.8 Å². The van der Waals surface area contributed by atoms with Crippen molar-refractivity contribution < 1.29 is 19.4 Å². The van der Waals surface area contributed by atoms with Crippen LogP contribution in [0, 0.1) is 5.92 Å². The molecule has 30 heavy (non-hydrogen) atoms. The summed E-state index contributed by atoms with van der Waals surface area (Å²) in [5, 5.41) is 18.1. The lowest BCUT2D eigenvalue weighted by Gasteiger charge is -2.35. The van der Waals surface area contributed by atoms with E-state index in [-0.39, 0.29) is 29.1 Å². The smallest absolute Gasteiger partial charge is 0.309 e. The van der Waals surface area contributed by atoms with Gasteiger partial charge in [0.05, 0.1) is 24.9 Å². The van der Waals surface area contributed by atoms with Crippen molar-refractivity contribution in [2.75, 3.05) is 38.5 Å². The molecule has 2 heterocycles. The maximum atomic E-state index is 12.2. The van der Waals surface area contributed by atoms with E-state index in [9.17, 15) is 9.59 Å². The zero-order valence-corrected chi connectivity index (χ0v) is 19.5. The molecule has 3 rings (SSSR count). The third-order valence-corrected chi connectivity index (χ3v) is 7.61. The Labute approximate surface area is 194 Å². The number of thioether (sulfide) groups is 2. The van der Waals surface area contributed by atoms with Gasteiger partial charge in [-0.25, -0.2) is 0 Å². The maximum absolute atomic E-state index is 12.2. The number of ether oxygens (including phenoxy) is 1. The summed E-state index contributed by atoms with van der Waals surface area (Å²) >= 11 is 15.2. The van der Waals surface area contributed by atoms with E-state index >= 15 is 0 Å². The maximum Gasteiger partial charge on any atom is 0.309 e. The number of carbonyl (C=O) groups is 2. The molecule has 0 aromatic carbocycles. The van der Waals surface area contributed by atoms with Gasteiger partial charge in [-0.05, 0) is 23.8 Å². The number of carbonyl (C=O) groups excluding carboxylic acids is 1. The van der Waals surface area contributed by atoms with Gasteiger partial charge in [0.15, 0.2) is 0 Å². The van der Waals surface area contributed by atoms with Crippen LogP contribution in [0.3, 0.4) is 0 Å². The van der Waals surface area contributed by atoms with E-state index in [0.29, 0.717) is 29.6 Å². The number of morpholine rings is 1. The Hall–Kier alpha value is -0.840. The Morgan fingerprint density at radius 2 is 2.27 bits per heavy atom. The third-order valence-electron chi connectivity index (χ3n) is 4.73. The van der Waals surface area contributed by atoms with Crippen molar-refractivity contribution in [2.24, 2.45) is 5.92 Å². The molecular formula is C19H25Cl2N3O4S2. The summed E-state index contributed by atoms with van der Waals surface area (Å²) < 4.78 is 5.76. The predicted octanol–water partition coefficient (Wildman–Crippen LogP) is 2.74. The molecule has 0 saturated carbocycles. The van der Waals surface area contributed by atoms with Gasteiger partial charge in [0.25, 0.3) is 0 Å². The van der Waals surface area contributed by atoms with Crippen molar-refractivity contribution in [3.8, 4) is 0 Å². The summed E-state index contributed by atoms with van der Waals surface area (Å²) in [5.74, 6) is -0.350. The van der Waals surface area contributed by atoms with Crippen molar-refractivity contribution in [1.29, 1.82) is 0 Å². The normalized spacial score (nSPS) is 27.0. The van der Waals surface area contributed by atoms with E-state index < -0.39 is 5.97 Å². The van der Waals surface area contributed by atoms with E-state index in [0.717, 1.165) is 31.1 Å². The number of aliphatic carboxylic acids is 1. The Bertz CT molecular complexity index is 747. The molecule has 1 aliphatic carbocycles. The van der Waals surface area contributed by atoms with E-state index in [1.165, 1.54) is 23.5 Å². The van der Waals surface area contributed by atoms with Gasteiger partial charge in [0, 0.05) is 41.9 Å². The molecule has 1 saturated heterocycles. The lowest BCUT2D eigenvalue weighted by Crippen LogP contribution is -2.49.